The number of hydrogen-bond acceptors (Lipinski definition) is 5. The van der Waals surface area contributed by atoms with Gasteiger partial charge in [-0.05, 0) is 12.8 Å². The van der Waals surface area contributed by atoms with Crippen molar-refractivity contribution in [2.45, 2.75) is 44.4 Å². The van der Waals surface area contributed by atoms with Crippen LogP contribution in [0.1, 0.15) is 20.3 Å². The summed E-state index contributed by atoms with van der Waals surface area (Å²) < 4.78 is 15.8. The van der Waals surface area contributed by atoms with Crippen molar-refractivity contribution in [2.75, 3.05) is 13.4 Å². The van der Waals surface area contributed by atoms with E-state index in [0.717, 1.165) is 0 Å². The monoisotopic (exact) mass is 218 g/mol. The molecule has 2 rings (SSSR count). The van der Waals surface area contributed by atoms with E-state index in [9.17, 15) is 10.2 Å². The van der Waals surface area contributed by atoms with Crippen molar-refractivity contribution in [1.29, 1.82) is 0 Å². The van der Waals surface area contributed by atoms with Gasteiger partial charge in [0.05, 0.1) is 12.7 Å². The molecule has 0 aliphatic carbocycles. The Morgan fingerprint density at radius 3 is 2.73 bits per heavy atom. The van der Waals surface area contributed by atoms with Gasteiger partial charge in [0.25, 0.3) is 0 Å². The number of hydrogen-bond donors (Lipinski definition) is 2. The molecule has 2 N–H and O–H groups in total. The van der Waals surface area contributed by atoms with E-state index in [1.54, 1.807) is 6.92 Å². The minimum atomic E-state index is -1.19. The quantitative estimate of drug-likeness (QED) is 0.641. The number of rotatable bonds is 1. The summed E-state index contributed by atoms with van der Waals surface area (Å²) in [4.78, 5) is 0. The minimum Gasteiger partial charge on any atom is -0.390 e. The van der Waals surface area contributed by atoms with Crippen LogP contribution < -0.4 is 0 Å². The highest BCUT2D eigenvalue weighted by atomic mass is 16.7. The van der Waals surface area contributed by atoms with Gasteiger partial charge in [0.15, 0.2) is 5.79 Å². The van der Waals surface area contributed by atoms with E-state index in [1.807, 2.05) is 6.92 Å². The lowest BCUT2D eigenvalue weighted by molar-refractivity contribution is -0.296. The zero-order valence-corrected chi connectivity index (χ0v) is 9.05. The van der Waals surface area contributed by atoms with Crippen molar-refractivity contribution in [3.05, 3.63) is 0 Å². The molecule has 2 saturated heterocycles. The molecule has 0 amide bonds. The highest BCUT2D eigenvalue weighted by Crippen LogP contribution is 2.33. The average Bonchev–Trinajstić information content (AvgIpc) is 2.63. The van der Waals surface area contributed by atoms with Gasteiger partial charge in [-0.2, -0.15) is 0 Å². The third kappa shape index (κ3) is 2.32. The zero-order chi connectivity index (χ0) is 11.1. The summed E-state index contributed by atoms with van der Waals surface area (Å²) in [6, 6.07) is 0. The van der Waals surface area contributed by atoms with E-state index in [2.05, 4.69) is 0 Å². The number of ether oxygens (including phenoxy) is 3. The Morgan fingerprint density at radius 2 is 2.13 bits per heavy atom. The maximum absolute atomic E-state index is 9.96. The molecule has 0 radical (unpaired) electrons. The van der Waals surface area contributed by atoms with Gasteiger partial charge in [0, 0.05) is 6.42 Å². The maximum Gasteiger partial charge on any atom is 0.163 e. The van der Waals surface area contributed by atoms with Crippen LogP contribution in [-0.4, -0.2) is 47.7 Å². The second kappa shape index (κ2) is 3.99. The molecule has 0 aromatic carbocycles. The Bertz CT molecular complexity index is 222. The van der Waals surface area contributed by atoms with Crippen molar-refractivity contribution in [3.63, 3.8) is 0 Å². The molecule has 0 bridgehead atoms. The third-order valence-corrected chi connectivity index (χ3v) is 3.02. The molecule has 5 nitrogen and oxygen atoms in total. The maximum atomic E-state index is 9.96. The lowest BCUT2D eigenvalue weighted by atomic mass is 9.87. The predicted octanol–water partition coefficient (Wildman–Crippen LogP) is -0.146. The molecule has 2 heterocycles. The predicted molar refractivity (Wildman–Crippen MR) is 51.0 cm³/mol. The SMILES string of the molecule is C[C@@H]1C[C@@](C)(O)OC([C@H]2COCO2)[C@@H]1O. The molecular weight excluding hydrogens is 200 g/mol. The molecule has 2 fully saturated rings. The van der Waals surface area contributed by atoms with E-state index in [0.29, 0.717) is 13.0 Å². The van der Waals surface area contributed by atoms with Crippen LogP contribution in [0.5, 0.6) is 0 Å². The first-order chi connectivity index (χ1) is 6.99. The lowest BCUT2D eigenvalue weighted by Crippen LogP contribution is -2.55. The molecule has 0 aromatic rings. The summed E-state index contributed by atoms with van der Waals surface area (Å²) in [6.07, 6.45) is -0.976. The molecular formula is C10H18O5. The Hall–Kier alpha value is -0.200. The number of aliphatic hydroxyl groups excluding tert-OH is 1. The summed E-state index contributed by atoms with van der Waals surface area (Å²) in [5, 5.41) is 19.8. The van der Waals surface area contributed by atoms with Gasteiger partial charge in [-0.3, -0.25) is 0 Å². The second-order valence-corrected chi connectivity index (χ2v) is 4.62. The average molecular weight is 218 g/mol. The fourth-order valence-electron chi connectivity index (χ4n) is 2.29. The van der Waals surface area contributed by atoms with E-state index < -0.39 is 18.0 Å². The Morgan fingerprint density at radius 1 is 1.40 bits per heavy atom. The van der Waals surface area contributed by atoms with Crippen LogP contribution >= 0.6 is 0 Å². The molecule has 2 aliphatic heterocycles. The third-order valence-electron chi connectivity index (χ3n) is 3.02. The molecule has 0 spiro atoms. The van der Waals surface area contributed by atoms with Crippen LogP contribution in [-0.2, 0) is 14.2 Å². The van der Waals surface area contributed by atoms with Crippen molar-refractivity contribution < 1.29 is 24.4 Å². The summed E-state index contributed by atoms with van der Waals surface area (Å²) >= 11 is 0. The summed E-state index contributed by atoms with van der Waals surface area (Å²) in [6.45, 7) is 4.14. The van der Waals surface area contributed by atoms with Gasteiger partial charge in [0.1, 0.15) is 19.0 Å². The first-order valence-corrected chi connectivity index (χ1v) is 5.27. The molecule has 0 saturated carbocycles. The smallest absolute Gasteiger partial charge is 0.163 e. The first kappa shape index (κ1) is 11.3. The van der Waals surface area contributed by atoms with Gasteiger partial charge < -0.3 is 24.4 Å². The summed E-state index contributed by atoms with van der Waals surface area (Å²) in [5.74, 6) is -1.20. The lowest BCUT2D eigenvalue weighted by Gasteiger charge is -2.43. The molecule has 5 heteroatoms. The van der Waals surface area contributed by atoms with Crippen molar-refractivity contribution >= 4 is 0 Å². The van der Waals surface area contributed by atoms with E-state index in [1.165, 1.54) is 0 Å². The zero-order valence-electron chi connectivity index (χ0n) is 9.05. The Balaban J connectivity index is 2.07. The van der Waals surface area contributed by atoms with Crippen LogP contribution in [0, 0.1) is 5.92 Å². The van der Waals surface area contributed by atoms with Crippen LogP contribution in [0.15, 0.2) is 0 Å². The van der Waals surface area contributed by atoms with Crippen molar-refractivity contribution in [1.82, 2.24) is 0 Å². The Labute approximate surface area is 88.9 Å². The van der Waals surface area contributed by atoms with Crippen LogP contribution in [0.2, 0.25) is 0 Å². The van der Waals surface area contributed by atoms with E-state index in [-0.39, 0.29) is 18.8 Å². The topological polar surface area (TPSA) is 68.2 Å². The van der Waals surface area contributed by atoms with Gasteiger partial charge >= 0.3 is 0 Å². The fraction of sp³-hybridized carbons (Fsp3) is 1.00. The van der Waals surface area contributed by atoms with E-state index in [4.69, 9.17) is 14.2 Å². The molecule has 5 atom stereocenters. The highest BCUT2D eigenvalue weighted by molar-refractivity contribution is 4.90. The minimum absolute atomic E-state index is 0.0112. The van der Waals surface area contributed by atoms with E-state index >= 15 is 0 Å². The van der Waals surface area contributed by atoms with Gasteiger partial charge in [-0.25, -0.2) is 0 Å². The first-order valence-electron chi connectivity index (χ1n) is 5.27. The second-order valence-electron chi connectivity index (χ2n) is 4.62. The van der Waals surface area contributed by atoms with Crippen molar-refractivity contribution in [2.24, 2.45) is 5.92 Å². The summed E-state index contributed by atoms with van der Waals surface area (Å²) in [5.41, 5.74) is 0. The van der Waals surface area contributed by atoms with Crippen molar-refractivity contribution in [3.8, 4) is 0 Å². The van der Waals surface area contributed by atoms with Crippen LogP contribution in [0.3, 0.4) is 0 Å². The molecule has 15 heavy (non-hydrogen) atoms. The molecule has 2 aliphatic rings. The molecule has 0 aromatic heterocycles. The van der Waals surface area contributed by atoms with Gasteiger partial charge in [-0.1, -0.05) is 6.92 Å². The standard InChI is InChI=1S/C10H18O5/c1-6-3-10(2,12)15-9(8(6)11)7-4-13-5-14-7/h6-9,11-12H,3-5H2,1-2H3/t6-,7-,8-,9?,10+/m1/s1. The fourth-order valence-corrected chi connectivity index (χ4v) is 2.29. The normalized spacial score (nSPS) is 52.0. The van der Waals surface area contributed by atoms with Crippen LogP contribution in [0.25, 0.3) is 0 Å². The molecule has 88 valence electrons. The molecule has 1 unspecified atom stereocenters. The highest BCUT2D eigenvalue weighted by Gasteiger charge is 2.45. The van der Waals surface area contributed by atoms with Gasteiger partial charge in [-0.15, -0.1) is 0 Å². The largest absolute Gasteiger partial charge is 0.390 e. The van der Waals surface area contributed by atoms with Crippen LogP contribution in [0.4, 0.5) is 0 Å². The Kier molecular flexibility index (Phi) is 3.00. The number of aliphatic hydroxyl groups is 2. The summed E-state index contributed by atoms with van der Waals surface area (Å²) in [7, 11) is 0. The van der Waals surface area contributed by atoms with Gasteiger partial charge in [0.2, 0.25) is 0 Å².